The van der Waals surface area contributed by atoms with Crippen LogP contribution in [0.15, 0.2) is 0 Å². The number of piperazine rings is 1. The molecular formula is C10H15ClN2O2. The fourth-order valence-electron chi connectivity index (χ4n) is 2.32. The summed E-state index contributed by atoms with van der Waals surface area (Å²) in [4.78, 5) is 27.0. The molecular weight excluding hydrogens is 216 g/mol. The first-order chi connectivity index (χ1) is 7.24. The molecule has 2 fully saturated rings. The number of piperidine rings is 1. The molecule has 4 nitrogen and oxygen atoms in total. The van der Waals surface area contributed by atoms with Crippen LogP contribution in [-0.2, 0) is 9.59 Å². The van der Waals surface area contributed by atoms with Gasteiger partial charge in [-0.05, 0) is 19.3 Å². The van der Waals surface area contributed by atoms with Crippen LogP contribution in [0.5, 0.6) is 0 Å². The van der Waals surface area contributed by atoms with E-state index in [2.05, 4.69) is 0 Å². The average Bonchev–Trinajstić information content (AvgIpc) is 2.26. The second-order valence-corrected chi connectivity index (χ2v) is 4.43. The van der Waals surface area contributed by atoms with Crippen molar-refractivity contribution in [1.29, 1.82) is 0 Å². The number of alkyl halides is 1. The van der Waals surface area contributed by atoms with E-state index in [0.717, 1.165) is 25.8 Å². The normalized spacial score (nSPS) is 26.9. The zero-order chi connectivity index (χ0) is 10.8. The number of rotatable bonds is 2. The lowest BCUT2D eigenvalue weighted by Gasteiger charge is -2.42. The van der Waals surface area contributed by atoms with Crippen LogP contribution < -0.4 is 0 Å². The fourth-order valence-corrected chi connectivity index (χ4v) is 2.52. The minimum atomic E-state index is -0.205. The maximum Gasteiger partial charge on any atom is 0.245 e. The molecule has 0 aliphatic carbocycles. The van der Waals surface area contributed by atoms with Crippen LogP contribution in [0, 0.1) is 0 Å². The molecule has 1 unspecified atom stereocenters. The largest absolute Gasteiger partial charge is 0.330 e. The summed E-state index contributed by atoms with van der Waals surface area (Å²) in [6, 6.07) is -0.205. The van der Waals surface area contributed by atoms with Gasteiger partial charge in [-0.25, -0.2) is 0 Å². The fraction of sp³-hybridized carbons (Fsp3) is 0.800. The maximum absolute atomic E-state index is 12.0. The summed E-state index contributed by atoms with van der Waals surface area (Å²) < 4.78 is 0. The Labute approximate surface area is 94.2 Å². The quantitative estimate of drug-likeness (QED) is 0.647. The van der Waals surface area contributed by atoms with Gasteiger partial charge in [-0.15, -0.1) is 11.6 Å². The van der Waals surface area contributed by atoms with E-state index in [1.165, 1.54) is 0 Å². The molecule has 2 saturated heterocycles. The van der Waals surface area contributed by atoms with Gasteiger partial charge in [0, 0.05) is 19.0 Å². The van der Waals surface area contributed by atoms with Crippen molar-refractivity contribution >= 4 is 23.4 Å². The van der Waals surface area contributed by atoms with Crippen LogP contribution in [0.25, 0.3) is 0 Å². The van der Waals surface area contributed by atoms with Crippen molar-refractivity contribution in [3.63, 3.8) is 0 Å². The van der Waals surface area contributed by atoms with Crippen LogP contribution in [-0.4, -0.2) is 53.2 Å². The number of carbonyl (C=O) groups excluding carboxylic acids is 2. The minimum absolute atomic E-state index is 0.0735. The number of nitrogens with zero attached hydrogens (tertiary/aromatic N) is 2. The average molecular weight is 231 g/mol. The predicted octanol–water partition coefficient (Wildman–Crippen LogP) is 0.449. The lowest BCUT2D eigenvalue weighted by molar-refractivity contribution is -0.157. The van der Waals surface area contributed by atoms with Crippen LogP contribution in [0.3, 0.4) is 0 Å². The third-order valence-electron chi connectivity index (χ3n) is 3.10. The van der Waals surface area contributed by atoms with Crippen molar-refractivity contribution in [2.75, 3.05) is 25.5 Å². The van der Waals surface area contributed by atoms with E-state index >= 15 is 0 Å². The molecule has 0 aromatic heterocycles. The van der Waals surface area contributed by atoms with E-state index < -0.39 is 0 Å². The minimum Gasteiger partial charge on any atom is -0.330 e. The Balaban J connectivity index is 2.11. The molecule has 0 spiro atoms. The van der Waals surface area contributed by atoms with Crippen molar-refractivity contribution in [1.82, 2.24) is 9.80 Å². The summed E-state index contributed by atoms with van der Waals surface area (Å²) in [7, 11) is 0. The molecule has 15 heavy (non-hydrogen) atoms. The Morgan fingerprint density at radius 2 is 2.13 bits per heavy atom. The first kappa shape index (κ1) is 10.7. The Morgan fingerprint density at radius 3 is 2.87 bits per heavy atom. The molecule has 2 aliphatic heterocycles. The standard InChI is InChI=1S/C10H15ClN2O2/c11-4-6-12-7-9(14)13-5-2-1-3-8(13)10(12)15/h8H,1-7H2. The Hall–Kier alpha value is -0.770. The van der Waals surface area contributed by atoms with Gasteiger partial charge in [0.2, 0.25) is 11.8 Å². The maximum atomic E-state index is 12.0. The molecule has 0 N–H and O–H groups in total. The summed E-state index contributed by atoms with van der Waals surface area (Å²) >= 11 is 5.60. The van der Waals surface area contributed by atoms with Gasteiger partial charge in [0.25, 0.3) is 0 Å². The molecule has 2 rings (SSSR count). The molecule has 0 bridgehead atoms. The van der Waals surface area contributed by atoms with Gasteiger partial charge in [-0.3, -0.25) is 9.59 Å². The van der Waals surface area contributed by atoms with Gasteiger partial charge in [0.05, 0.1) is 6.54 Å². The topological polar surface area (TPSA) is 40.6 Å². The predicted molar refractivity (Wildman–Crippen MR) is 56.7 cm³/mol. The molecule has 84 valence electrons. The second-order valence-electron chi connectivity index (χ2n) is 4.05. The van der Waals surface area contributed by atoms with E-state index in [9.17, 15) is 9.59 Å². The van der Waals surface area contributed by atoms with Gasteiger partial charge in [-0.2, -0.15) is 0 Å². The van der Waals surface area contributed by atoms with Gasteiger partial charge in [0.15, 0.2) is 0 Å². The lowest BCUT2D eigenvalue weighted by atomic mass is 9.98. The number of halogens is 1. The summed E-state index contributed by atoms with van der Waals surface area (Å²) in [5.74, 6) is 0.547. The summed E-state index contributed by atoms with van der Waals surface area (Å²) in [5, 5.41) is 0. The molecule has 2 heterocycles. The van der Waals surface area contributed by atoms with E-state index in [0.29, 0.717) is 12.4 Å². The Kier molecular flexibility index (Phi) is 3.14. The van der Waals surface area contributed by atoms with Gasteiger partial charge in [0.1, 0.15) is 6.04 Å². The Morgan fingerprint density at radius 1 is 1.33 bits per heavy atom. The third-order valence-corrected chi connectivity index (χ3v) is 3.27. The third kappa shape index (κ3) is 1.95. The number of hydrogen-bond donors (Lipinski definition) is 0. The summed E-state index contributed by atoms with van der Waals surface area (Å²) in [5.41, 5.74) is 0. The zero-order valence-corrected chi connectivity index (χ0v) is 9.37. The van der Waals surface area contributed by atoms with Gasteiger partial charge >= 0.3 is 0 Å². The van der Waals surface area contributed by atoms with Crippen molar-refractivity contribution < 1.29 is 9.59 Å². The second kappa shape index (κ2) is 4.39. The molecule has 2 aliphatic rings. The number of fused-ring (bicyclic) bond motifs is 1. The van der Waals surface area contributed by atoms with Gasteiger partial charge in [-0.1, -0.05) is 0 Å². The zero-order valence-electron chi connectivity index (χ0n) is 8.62. The smallest absolute Gasteiger partial charge is 0.245 e. The molecule has 2 amide bonds. The van der Waals surface area contributed by atoms with Crippen LogP contribution >= 0.6 is 11.6 Å². The van der Waals surface area contributed by atoms with Crippen molar-refractivity contribution in [2.24, 2.45) is 0 Å². The van der Waals surface area contributed by atoms with E-state index in [-0.39, 0.29) is 24.4 Å². The van der Waals surface area contributed by atoms with E-state index in [4.69, 9.17) is 11.6 Å². The first-order valence-electron chi connectivity index (χ1n) is 5.38. The van der Waals surface area contributed by atoms with Crippen molar-refractivity contribution in [2.45, 2.75) is 25.3 Å². The van der Waals surface area contributed by atoms with E-state index in [1.54, 1.807) is 9.80 Å². The molecule has 0 radical (unpaired) electrons. The summed E-state index contributed by atoms with van der Waals surface area (Å²) in [6.45, 7) is 1.43. The molecule has 0 aromatic rings. The summed E-state index contributed by atoms with van der Waals surface area (Å²) in [6.07, 6.45) is 2.86. The van der Waals surface area contributed by atoms with Gasteiger partial charge < -0.3 is 9.80 Å². The van der Waals surface area contributed by atoms with Crippen LogP contribution in [0.1, 0.15) is 19.3 Å². The van der Waals surface area contributed by atoms with Crippen LogP contribution in [0.2, 0.25) is 0 Å². The number of hydrogen-bond acceptors (Lipinski definition) is 2. The number of amides is 2. The molecule has 1 atom stereocenters. The highest BCUT2D eigenvalue weighted by Gasteiger charge is 2.39. The van der Waals surface area contributed by atoms with Crippen LogP contribution in [0.4, 0.5) is 0 Å². The monoisotopic (exact) mass is 230 g/mol. The first-order valence-corrected chi connectivity index (χ1v) is 5.91. The van der Waals surface area contributed by atoms with E-state index in [1.807, 2.05) is 0 Å². The highest BCUT2D eigenvalue weighted by atomic mass is 35.5. The lowest BCUT2D eigenvalue weighted by Crippen LogP contribution is -2.61. The number of carbonyl (C=O) groups is 2. The van der Waals surface area contributed by atoms with Crippen molar-refractivity contribution in [3.8, 4) is 0 Å². The highest BCUT2D eigenvalue weighted by Crippen LogP contribution is 2.22. The highest BCUT2D eigenvalue weighted by molar-refractivity contribution is 6.18. The van der Waals surface area contributed by atoms with Crippen molar-refractivity contribution in [3.05, 3.63) is 0 Å². The Bertz CT molecular complexity index is 283. The molecule has 0 saturated carbocycles. The molecule has 0 aromatic carbocycles. The molecule has 5 heteroatoms. The SMILES string of the molecule is O=C1C2CCCCN2C(=O)CN1CCCl.